The van der Waals surface area contributed by atoms with E-state index in [4.69, 9.17) is 0 Å². The Kier molecular flexibility index (Phi) is 2.93. The van der Waals surface area contributed by atoms with Crippen molar-refractivity contribution < 1.29 is 0 Å². The predicted octanol–water partition coefficient (Wildman–Crippen LogP) is 3.41. The van der Waals surface area contributed by atoms with Crippen LogP contribution in [0.4, 0.5) is 0 Å². The molecule has 0 aliphatic carbocycles. The number of aromatic nitrogens is 2. The summed E-state index contributed by atoms with van der Waals surface area (Å²) in [6, 6.07) is 6.07. The first-order chi connectivity index (χ1) is 6.79. The van der Waals surface area contributed by atoms with Gasteiger partial charge in [0.1, 0.15) is 0 Å². The van der Waals surface area contributed by atoms with Crippen molar-refractivity contribution >= 4 is 27.3 Å². The first kappa shape index (κ1) is 9.80. The van der Waals surface area contributed by atoms with Gasteiger partial charge in [0.2, 0.25) is 0 Å². The summed E-state index contributed by atoms with van der Waals surface area (Å²) in [6.07, 6.45) is 1.80. The molecule has 72 valence electrons. The molecule has 2 heterocycles. The van der Waals surface area contributed by atoms with Gasteiger partial charge in [-0.1, -0.05) is 15.9 Å². The van der Waals surface area contributed by atoms with E-state index >= 15 is 0 Å². The molecule has 0 amide bonds. The fraction of sp³-hybridized carbons (Fsp3) is 0.200. The SMILES string of the molecule is Cc1ccc(-c2nccc(CBr)n2)s1. The lowest BCUT2D eigenvalue weighted by Gasteiger charge is -1.97. The van der Waals surface area contributed by atoms with Crippen molar-refractivity contribution in [3.8, 4) is 10.7 Å². The van der Waals surface area contributed by atoms with Gasteiger partial charge in [-0.05, 0) is 25.1 Å². The average Bonchev–Trinajstić information content (AvgIpc) is 2.65. The van der Waals surface area contributed by atoms with E-state index < -0.39 is 0 Å². The molecule has 0 radical (unpaired) electrons. The second-order valence-electron chi connectivity index (χ2n) is 2.92. The van der Waals surface area contributed by atoms with Crippen LogP contribution >= 0.6 is 27.3 Å². The number of hydrogen-bond donors (Lipinski definition) is 0. The molecular weight excluding hydrogens is 260 g/mol. The van der Waals surface area contributed by atoms with Crippen LogP contribution in [0.2, 0.25) is 0 Å². The molecule has 14 heavy (non-hydrogen) atoms. The minimum atomic E-state index is 0.771. The molecule has 2 nitrogen and oxygen atoms in total. The summed E-state index contributed by atoms with van der Waals surface area (Å²) in [5.74, 6) is 0.819. The Morgan fingerprint density at radius 1 is 1.36 bits per heavy atom. The Labute approximate surface area is 95.2 Å². The van der Waals surface area contributed by atoms with Crippen LogP contribution in [0.1, 0.15) is 10.6 Å². The minimum absolute atomic E-state index is 0.771. The molecule has 0 spiro atoms. The maximum Gasteiger partial charge on any atom is 0.169 e. The minimum Gasteiger partial charge on any atom is -0.236 e. The van der Waals surface area contributed by atoms with Gasteiger partial charge in [0.25, 0.3) is 0 Å². The van der Waals surface area contributed by atoms with Crippen molar-refractivity contribution in [2.24, 2.45) is 0 Å². The van der Waals surface area contributed by atoms with Gasteiger partial charge in [-0.2, -0.15) is 0 Å². The van der Waals surface area contributed by atoms with Crippen molar-refractivity contribution in [2.75, 3.05) is 0 Å². The third-order valence-corrected chi connectivity index (χ3v) is 3.38. The molecule has 0 atom stereocenters. The van der Waals surface area contributed by atoms with Crippen LogP contribution in [0.25, 0.3) is 10.7 Å². The standard InChI is InChI=1S/C10H9BrN2S/c1-7-2-3-9(14-7)10-12-5-4-8(6-11)13-10/h2-5H,6H2,1H3. The molecule has 2 aromatic rings. The van der Waals surface area contributed by atoms with E-state index in [1.54, 1.807) is 17.5 Å². The van der Waals surface area contributed by atoms with E-state index in [0.29, 0.717) is 0 Å². The van der Waals surface area contributed by atoms with E-state index in [-0.39, 0.29) is 0 Å². The van der Waals surface area contributed by atoms with E-state index in [1.807, 2.05) is 6.07 Å². The molecule has 2 rings (SSSR count). The Hall–Kier alpha value is -0.740. The molecule has 4 heteroatoms. The number of halogens is 1. The first-order valence-corrected chi connectivity index (χ1v) is 6.18. The second kappa shape index (κ2) is 4.19. The maximum absolute atomic E-state index is 4.43. The summed E-state index contributed by atoms with van der Waals surface area (Å²) in [4.78, 5) is 11.1. The molecular formula is C10H9BrN2S. The molecule has 0 saturated heterocycles. The molecule has 0 bridgehead atoms. The van der Waals surface area contributed by atoms with Gasteiger partial charge in [-0.3, -0.25) is 0 Å². The third-order valence-electron chi connectivity index (χ3n) is 1.81. The van der Waals surface area contributed by atoms with Crippen LogP contribution in [0.3, 0.4) is 0 Å². The van der Waals surface area contributed by atoms with Gasteiger partial charge in [0.05, 0.1) is 10.6 Å². The lowest BCUT2D eigenvalue weighted by atomic mass is 10.4. The molecule has 0 aliphatic rings. The van der Waals surface area contributed by atoms with Gasteiger partial charge in [-0.15, -0.1) is 11.3 Å². The van der Waals surface area contributed by atoms with E-state index in [9.17, 15) is 0 Å². The van der Waals surface area contributed by atoms with Crippen molar-refractivity contribution in [3.05, 3.63) is 35.0 Å². The zero-order chi connectivity index (χ0) is 9.97. The molecule has 0 fully saturated rings. The Bertz CT molecular complexity index is 439. The highest BCUT2D eigenvalue weighted by molar-refractivity contribution is 9.08. The van der Waals surface area contributed by atoms with Crippen LogP contribution in [0.5, 0.6) is 0 Å². The number of nitrogens with zero attached hydrogens (tertiary/aromatic N) is 2. The monoisotopic (exact) mass is 268 g/mol. The van der Waals surface area contributed by atoms with Crippen molar-refractivity contribution in [2.45, 2.75) is 12.3 Å². The summed E-state index contributed by atoms with van der Waals surface area (Å²) < 4.78 is 0. The molecule has 0 saturated carbocycles. The topological polar surface area (TPSA) is 25.8 Å². The summed E-state index contributed by atoms with van der Waals surface area (Å²) in [5.41, 5.74) is 1.01. The zero-order valence-electron chi connectivity index (χ0n) is 7.70. The van der Waals surface area contributed by atoms with E-state index in [1.165, 1.54) is 4.88 Å². The van der Waals surface area contributed by atoms with Crippen LogP contribution in [-0.2, 0) is 5.33 Å². The van der Waals surface area contributed by atoms with Crippen molar-refractivity contribution in [1.82, 2.24) is 9.97 Å². The Morgan fingerprint density at radius 2 is 2.21 bits per heavy atom. The van der Waals surface area contributed by atoms with Crippen LogP contribution in [0, 0.1) is 6.92 Å². The Balaban J connectivity index is 2.41. The van der Waals surface area contributed by atoms with E-state index in [0.717, 1.165) is 21.7 Å². The third kappa shape index (κ3) is 2.01. The number of rotatable bonds is 2. The number of alkyl halides is 1. The molecule has 0 unspecified atom stereocenters. The van der Waals surface area contributed by atoms with E-state index in [2.05, 4.69) is 45.0 Å². The fourth-order valence-corrected chi connectivity index (χ4v) is 2.26. The van der Waals surface area contributed by atoms with Crippen LogP contribution < -0.4 is 0 Å². The highest BCUT2D eigenvalue weighted by Gasteiger charge is 2.03. The summed E-state index contributed by atoms with van der Waals surface area (Å²) in [6.45, 7) is 2.09. The van der Waals surface area contributed by atoms with Crippen LogP contribution in [0.15, 0.2) is 24.4 Å². The highest BCUT2D eigenvalue weighted by atomic mass is 79.9. The molecule has 2 aromatic heterocycles. The van der Waals surface area contributed by atoms with Gasteiger partial charge >= 0.3 is 0 Å². The number of thiophene rings is 1. The average molecular weight is 269 g/mol. The fourth-order valence-electron chi connectivity index (χ4n) is 1.14. The van der Waals surface area contributed by atoms with Gasteiger partial charge < -0.3 is 0 Å². The van der Waals surface area contributed by atoms with Crippen molar-refractivity contribution in [1.29, 1.82) is 0 Å². The summed E-state index contributed by atoms with van der Waals surface area (Å²) in [5, 5.41) is 0.771. The zero-order valence-corrected chi connectivity index (χ0v) is 10.1. The second-order valence-corrected chi connectivity index (χ2v) is 4.76. The molecule has 0 aromatic carbocycles. The molecule has 0 aliphatic heterocycles. The quantitative estimate of drug-likeness (QED) is 0.781. The number of aryl methyl sites for hydroxylation is 1. The lowest BCUT2D eigenvalue weighted by Crippen LogP contribution is -1.90. The lowest BCUT2D eigenvalue weighted by molar-refractivity contribution is 1.11. The van der Waals surface area contributed by atoms with Gasteiger partial charge in [-0.25, -0.2) is 9.97 Å². The smallest absolute Gasteiger partial charge is 0.169 e. The largest absolute Gasteiger partial charge is 0.236 e. The van der Waals surface area contributed by atoms with Crippen LogP contribution in [-0.4, -0.2) is 9.97 Å². The highest BCUT2D eigenvalue weighted by Crippen LogP contribution is 2.24. The predicted molar refractivity (Wildman–Crippen MR) is 62.7 cm³/mol. The molecule has 0 N–H and O–H groups in total. The van der Waals surface area contributed by atoms with Gasteiger partial charge in [0, 0.05) is 16.4 Å². The Morgan fingerprint density at radius 3 is 2.86 bits per heavy atom. The van der Waals surface area contributed by atoms with Crippen molar-refractivity contribution in [3.63, 3.8) is 0 Å². The van der Waals surface area contributed by atoms with Gasteiger partial charge in [0.15, 0.2) is 5.82 Å². The normalized spacial score (nSPS) is 10.4. The number of hydrogen-bond acceptors (Lipinski definition) is 3. The summed E-state index contributed by atoms with van der Waals surface area (Å²) in [7, 11) is 0. The summed E-state index contributed by atoms with van der Waals surface area (Å²) >= 11 is 5.10. The maximum atomic E-state index is 4.43. The first-order valence-electron chi connectivity index (χ1n) is 4.24.